The van der Waals surface area contributed by atoms with Crippen molar-refractivity contribution in [1.29, 1.82) is 0 Å². The van der Waals surface area contributed by atoms with E-state index in [9.17, 15) is 4.79 Å². The standard InChI is InChI=1S/C13H10ClN3O/c1-9(18)15-6-2-3-10-4-5-12-11(7-10)13(14)17-8-16-12/h4-5,7-8H,6H2,1H3,(H,15,18). The highest BCUT2D eigenvalue weighted by atomic mass is 35.5. The van der Waals surface area contributed by atoms with Gasteiger partial charge in [0.1, 0.15) is 11.5 Å². The van der Waals surface area contributed by atoms with Crippen molar-refractivity contribution in [3.8, 4) is 11.8 Å². The summed E-state index contributed by atoms with van der Waals surface area (Å²) in [6.07, 6.45) is 1.42. The van der Waals surface area contributed by atoms with Crippen LogP contribution in [0.25, 0.3) is 10.9 Å². The molecule has 2 rings (SSSR count). The Labute approximate surface area is 109 Å². The summed E-state index contributed by atoms with van der Waals surface area (Å²) in [4.78, 5) is 18.7. The number of rotatable bonds is 1. The molecule has 4 nitrogen and oxygen atoms in total. The summed E-state index contributed by atoms with van der Waals surface area (Å²) in [7, 11) is 0. The van der Waals surface area contributed by atoms with Crippen LogP contribution in [0.15, 0.2) is 24.5 Å². The molecule has 5 heteroatoms. The molecule has 2 aromatic rings. The monoisotopic (exact) mass is 259 g/mol. The third-order valence-electron chi connectivity index (χ3n) is 2.25. The summed E-state index contributed by atoms with van der Waals surface area (Å²) in [5.41, 5.74) is 1.59. The van der Waals surface area contributed by atoms with E-state index in [1.54, 1.807) is 0 Å². The summed E-state index contributed by atoms with van der Waals surface area (Å²) in [5, 5.41) is 3.78. The molecule has 0 bridgehead atoms. The molecule has 0 aliphatic carbocycles. The van der Waals surface area contributed by atoms with E-state index in [4.69, 9.17) is 11.6 Å². The summed E-state index contributed by atoms with van der Waals surface area (Å²) in [6.45, 7) is 1.78. The predicted octanol–water partition coefficient (Wildman–Crippen LogP) is 1.77. The number of benzene rings is 1. The topological polar surface area (TPSA) is 54.9 Å². The van der Waals surface area contributed by atoms with Gasteiger partial charge in [0.05, 0.1) is 12.1 Å². The summed E-state index contributed by atoms with van der Waals surface area (Å²) < 4.78 is 0. The maximum absolute atomic E-state index is 10.7. The van der Waals surface area contributed by atoms with Gasteiger partial charge in [-0.1, -0.05) is 23.4 Å². The minimum Gasteiger partial charge on any atom is -0.345 e. The van der Waals surface area contributed by atoms with Crippen molar-refractivity contribution in [2.45, 2.75) is 6.92 Å². The second-order valence-electron chi connectivity index (χ2n) is 3.61. The molecule has 0 aliphatic rings. The van der Waals surface area contributed by atoms with Crippen LogP contribution >= 0.6 is 11.6 Å². The Balaban J connectivity index is 2.24. The van der Waals surface area contributed by atoms with Crippen molar-refractivity contribution in [2.75, 3.05) is 6.54 Å². The van der Waals surface area contributed by atoms with Crippen LogP contribution in [0.5, 0.6) is 0 Å². The molecule has 0 atom stereocenters. The Bertz CT molecular complexity index is 658. The van der Waals surface area contributed by atoms with Gasteiger partial charge in [-0.3, -0.25) is 4.79 Å². The fourth-order valence-corrected chi connectivity index (χ4v) is 1.61. The van der Waals surface area contributed by atoms with E-state index in [1.165, 1.54) is 13.3 Å². The molecule has 0 spiro atoms. The Hall–Kier alpha value is -2.12. The molecule has 1 heterocycles. The van der Waals surface area contributed by atoms with Gasteiger partial charge in [-0.25, -0.2) is 9.97 Å². The normalized spacial score (nSPS) is 9.67. The smallest absolute Gasteiger partial charge is 0.217 e. The second kappa shape index (κ2) is 5.48. The van der Waals surface area contributed by atoms with Gasteiger partial charge in [0, 0.05) is 17.9 Å². The van der Waals surface area contributed by atoms with Crippen molar-refractivity contribution in [1.82, 2.24) is 15.3 Å². The van der Waals surface area contributed by atoms with Gasteiger partial charge in [0.25, 0.3) is 0 Å². The van der Waals surface area contributed by atoms with Gasteiger partial charge in [0.15, 0.2) is 0 Å². The number of hydrogen-bond acceptors (Lipinski definition) is 3. The van der Waals surface area contributed by atoms with E-state index in [-0.39, 0.29) is 5.91 Å². The van der Waals surface area contributed by atoms with Crippen LogP contribution in [0.4, 0.5) is 0 Å². The molecule has 1 aromatic heterocycles. The molecule has 1 aromatic carbocycles. The lowest BCUT2D eigenvalue weighted by atomic mass is 10.1. The van der Waals surface area contributed by atoms with Crippen molar-refractivity contribution >= 4 is 28.4 Å². The molecule has 1 N–H and O–H groups in total. The number of hydrogen-bond donors (Lipinski definition) is 1. The quantitative estimate of drug-likeness (QED) is 0.627. The van der Waals surface area contributed by atoms with Crippen LogP contribution < -0.4 is 5.32 Å². The average molecular weight is 260 g/mol. The summed E-state index contributed by atoms with van der Waals surface area (Å²) in [5.74, 6) is 5.69. The van der Waals surface area contributed by atoms with E-state index >= 15 is 0 Å². The van der Waals surface area contributed by atoms with Gasteiger partial charge in [-0.05, 0) is 18.2 Å². The lowest BCUT2D eigenvalue weighted by molar-refractivity contribution is -0.118. The van der Waals surface area contributed by atoms with Crippen molar-refractivity contribution < 1.29 is 4.79 Å². The Morgan fingerprint density at radius 1 is 1.44 bits per heavy atom. The SMILES string of the molecule is CC(=O)NCC#Cc1ccc2ncnc(Cl)c2c1. The maximum atomic E-state index is 10.7. The second-order valence-corrected chi connectivity index (χ2v) is 3.97. The fraction of sp³-hybridized carbons (Fsp3) is 0.154. The first-order valence-corrected chi connectivity index (χ1v) is 5.68. The Morgan fingerprint density at radius 2 is 2.28 bits per heavy atom. The van der Waals surface area contributed by atoms with Gasteiger partial charge >= 0.3 is 0 Å². The molecule has 0 unspecified atom stereocenters. The lowest BCUT2D eigenvalue weighted by Crippen LogP contribution is -2.19. The van der Waals surface area contributed by atoms with Gasteiger partial charge in [-0.15, -0.1) is 0 Å². The molecule has 0 saturated heterocycles. The first kappa shape index (κ1) is 12.3. The third-order valence-corrected chi connectivity index (χ3v) is 2.55. The zero-order valence-electron chi connectivity index (χ0n) is 9.70. The summed E-state index contributed by atoms with van der Waals surface area (Å²) >= 11 is 5.98. The van der Waals surface area contributed by atoms with E-state index in [2.05, 4.69) is 27.1 Å². The molecule has 18 heavy (non-hydrogen) atoms. The number of carbonyl (C=O) groups is 1. The first-order chi connectivity index (χ1) is 8.66. The molecular weight excluding hydrogens is 250 g/mol. The summed E-state index contributed by atoms with van der Waals surface area (Å²) in [6, 6.07) is 5.52. The first-order valence-electron chi connectivity index (χ1n) is 5.30. The van der Waals surface area contributed by atoms with Crippen LogP contribution in [-0.4, -0.2) is 22.4 Å². The highest BCUT2D eigenvalue weighted by Gasteiger charge is 2.00. The number of carbonyl (C=O) groups excluding carboxylic acids is 1. The number of nitrogens with zero attached hydrogens (tertiary/aromatic N) is 2. The van der Waals surface area contributed by atoms with Crippen LogP contribution in [0.2, 0.25) is 5.15 Å². The van der Waals surface area contributed by atoms with Crippen molar-refractivity contribution in [3.05, 3.63) is 35.2 Å². The van der Waals surface area contributed by atoms with Crippen LogP contribution in [-0.2, 0) is 4.79 Å². The predicted molar refractivity (Wildman–Crippen MR) is 70.1 cm³/mol. The number of nitrogens with one attached hydrogen (secondary N) is 1. The minimum absolute atomic E-state index is 0.0979. The van der Waals surface area contributed by atoms with Crippen LogP contribution in [0.3, 0.4) is 0 Å². The Morgan fingerprint density at radius 3 is 3.06 bits per heavy atom. The highest BCUT2D eigenvalue weighted by molar-refractivity contribution is 6.34. The zero-order valence-corrected chi connectivity index (χ0v) is 10.5. The van der Waals surface area contributed by atoms with Crippen molar-refractivity contribution in [2.24, 2.45) is 0 Å². The van der Waals surface area contributed by atoms with E-state index in [1.807, 2.05) is 18.2 Å². The molecule has 90 valence electrons. The number of halogens is 1. The van der Waals surface area contributed by atoms with E-state index in [0.717, 1.165) is 16.5 Å². The molecule has 0 radical (unpaired) electrons. The van der Waals surface area contributed by atoms with Crippen LogP contribution in [0, 0.1) is 11.8 Å². The molecule has 0 fully saturated rings. The number of amides is 1. The van der Waals surface area contributed by atoms with Gasteiger partial charge < -0.3 is 5.32 Å². The molecular formula is C13H10ClN3O. The van der Waals surface area contributed by atoms with E-state index in [0.29, 0.717) is 11.7 Å². The molecule has 0 aliphatic heterocycles. The lowest BCUT2D eigenvalue weighted by Gasteiger charge is -1.98. The van der Waals surface area contributed by atoms with Crippen LogP contribution in [0.1, 0.15) is 12.5 Å². The minimum atomic E-state index is -0.0979. The number of aromatic nitrogens is 2. The van der Waals surface area contributed by atoms with Gasteiger partial charge in [0.2, 0.25) is 5.91 Å². The average Bonchev–Trinajstić information content (AvgIpc) is 2.35. The molecule has 1 amide bonds. The van der Waals surface area contributed by atoms with Crippen molar-refractivity contribution in [3.63, 3.8) is 0 Å². The maximum Gasteiger partial charge on any atom is 0.217 e. The van der Waals surface area contributed by atoms with E-state index < -0.39 is 0 Å². The molecule has 0 saturated carbocycles. The largest absolute Gasteiger partial charge is 0.345 e. The third kappa shape index (κ3) is 2.96. The zero-order chi connectivity index (χ0) is 13.0. The Kier molecular flexibility index (Phi) is 3.75. The van der Waals surface area contributed by atoms with Gasteiger partial charge in [-0.2, -0.15) is 0 Å². The number of fused-ring (bicyclic) bond motifs is 1. The fourth-order valence-electron chi connectivity index (χ4n) is 1.42. The highest BCUT2D eigenvalue weighted by Crippen LogP contribution is 2.19.